The molecule has 0 aliphatic heterocycles. The fraction of sp³-hybridized carbons (Fsp3) is 0.529. The Hall–Kier alpha value is -2.68. The third kappa shape index (κ3) is 8.43. The van der Waals surface area contributed by atoms with E-state index >= 15 is 0 Å². The Bertz CT molecular complexity index is 571. The molecule has 0 aliphatic rings. The number of nitro groups is 1. The van der Waals surface area contributed by atoms with Gasteiger partial charge in [0.15, 0.2) is 0 Å². The molecular weight excluding hydrogens is 342 g/mol. The first-order valence-electron chi connectivity index (χ1n) is 8.48. The number of hydrogen-bond donors (Lipinski definition) is 1. The lowest BCUT2D eigenvalue weighted by atomic mass is 10.2. The molecule has 9 nitrogen and oxygen atoms in total. The number of rotatable bonds is 12. The minimum atomic E-state index is -0.452. The summed E-state index contributed by atoms with van der Waals surface area (Å²) in [4.78, 5) is 35.1. The van der Waals surface area contributed by atoms with Crippen molar-refractivity contribution in [2.75, 3.05) is 44.7 Å². The molecule has 0 unspecified atom stereocenters. The van der Waals surface area contributed by atoms with E-state index in [1.165, 1.54) is 12.1 Å². The van der Waals surface area contributed by atoms with Gasteiger partial charge in [0.05, 0.1) is 31.2 Å². The van der Waals surface area contributed by atoms with E-state index in [1.54, 1.807) is 30.9 Å². The number of nitro benzene ring substituents is 1. The van der Waals surface area contributed by atoms with E-state index in [2.05, 4.69) is 5.32 Å². The third-order valence-electron chi connectivity index (χ3n) is 3.37. The number of non-ortho nitro benzene ring substituents is 1. The van der Waals surface area contributed by atoms with Crippen LogP contribution in [0.3, 0.4) is 0 Å². The van der Waals surface area contributed by atoms with E-state index in [4.69, 9.17) is 9.47 Å². The summed E-state index contributed by atoms with van der Waals surface area (Å²) >= 11 is 0. The van der Waals surface area contributed by atoms with Crippen LogP contribution in [0.25, 0.3) is 0 Å². The van der Waals surface area contributed by atoms with Crippen LogP contribution in [0.2, 0.25) is 0 Å². The number of carbonyl (C=O) groups excluding carboxylic acids is 2. The van der Waals surface area contributed by atoms with Crippen LogP contribution in [0, 0.1) is 10.1 Å². The topological polar surface area (TPSA) is 111 Å². The van der Waals surface area contributed by atoms with E-state index in [1.807, 2.05) is 0 Å². The number of benzene rings is 1. The van der Waals surface area contributed by atoms with E-state index in [0.29, 0.717) is 19.5 Å². The molecule has 9 heteroatoms. The predicted molar refractivity (Wildman–Crippen MR) is 95.9 cm³/mol. The first kappa shape index (κ1) is 21.4. The highest BCUT2D eigenvalue weighted by Crippen LogP contribution is 2.15. The molecule has 1 rings (SSSR count). The molecule has 1 N–H and O–H groups in total. The maximum absolute atomic E-state index is 11.6. The van der Waals surface area contributed by atoms with Crippen LogP contribution in [0.15, 0.2) is 24.3 Å². The number of nitrogens with zero attached hydrogens (tertiary/aromatic N) is 2. The predicted octanol–water partition coefficient (Wildman–Crippen LogP) is 1.82. The number of carbonyl (C=O) groups is 2. The normalized spacial score (nSPS) is 10.4. The van der Waals surface area contributed by atoms with Gasteiger partial charge in [0.2, 0.25) is 0 Å². The van der Waals surface area contributed by atoms with Gasteiger partial charge in [-0.3, -0.25) is 24.6 Å². The van der Waals surface area contributed by atoms with Crippen LogP contribution in [-0.4, -0.2) is 61.2 Å². The average Bonchev–Trinajstić information content (AvgIpc) is 2.59. The fourth-order valence-electron chi connectivity index (χ4n) is 2.23. The molecule has 0 amide bonds. The van der Waals surface area contributed by atoms with E-state index in [0.717, 1.165) is 5.69 Å². The lowest BCUT2D eigenvalue weighted by Gasteiger charge is -2.20. The first-order chi connectivity index (χ1) is 12.5. The molecule has 0 saturated carbocycles. The average molecular weight is 367 g/mol. The summed E-state index contributed by atoms with van der Waals surface area (Å²) in [5.74, 6) is -0.778. The van der Waals surface area contributed by atoms with Gasteiger partial charge in [-0.2, -0.15) is 0 Å². The van der Waals surface area contributed by atoms with Crippen LogP contribution in [0.1, 0.15) is 20.3 Å². The first-order valence-corrected chi connectivity index (χ1v) is 8.48. The SMILES string of the molecule is CCOC(=O)CN(CCCNc1ccc([N+](=O)[O-])cc1)CC(=O)OCC. The highest BCUT2D eigenvalue weighted by atomic mass is 16.6. The molecule has 0 heterocycles. The van der Waals surface area contributed by atoms with Crippen molar-refractivity contribution >= 4 is 23.3 Å². The van der Waals surface area contributed by atoms with Gasteiger partial charge < -0.3 is 14.8 Å². The van der Waals surface area contributed by atoms with Crippen LogP contribution in [0.5, 0.6) is 0 Å². The van der Waals surface area contributed by atoms with Gasteiger partial charge in [-0.15, -0.1) is 0 Å². The lowest BCUT2D eigenvalue weighted by molar-refractivity contribution is -0.384. The summed E-state index contributed by atoms with van der Waals surface area (Å²) in [5.41, 5.74) is 0.795. The number of ether oxygens (including phenoxy) is 2. The van der Waals surface area contributed by atoms with Crippen molar-refractivity contribution in [3.05, 3.63) is 34.4 Å². The standard InChI is InChI=1S/C17H25N3O6/c1-3-25-16(21)12-19(13-17(22)26-4-2)11-5-10-18-14-6-8-15(9-7-14)20(23)24/h6-9,18H,3-5,10-13H2,1-2H3. The van der Waals surface area contributed by atoms with Crippen LogP contribution >= 0.6 is 0 Å². The van der Waals surface area contributed by atoms with Crippen molar-refractivity contribution in [2.24, 2.45) is 0 Å². The fourth-order valence-corrected chi connectivity index (χ4v) is 2.23. The maximum atomic E-state index is 11.6. The minimum Gasteiger partial charge on any atom is -0.465 e. The molecule has 26 heavy (non-hydrogen) atoms. The molecule has 0 bridgehead atoms. The van der Waals surface area contributed by atoms with Gasteiger partial charge in [0, 0.05) is 30.9 Å². The summed E-state index contributed by atoms with van der Waals surface area (Å²) in [6, 6.07) is 6.12. The molecular formula is C17H25N3O6. The van der Waals surface area contributed by atoms with Gasteiger partial charge in [-0.25, -0.2) is 0 Å². The molecule has 0 aliphatic carbocycles. The quantitative estimate of drug-likeness (QED) is 0.258. The van der Waals surface area contributed by atoms with Crippen molar-refractivity contribution < 1.29 is 24.0 Å². The molecule has 1 aromatic carbocycles. The molecule has 0 fully saturated rings. The summed E-state index contributed by atoms with van der Waals surface area (Å²) in [7, 11) is 0. The highest BCUT2D eigenvalue weighted by molar-refractivity contribution is 5.75. The van der Waals surface area contributed by atoms with Crippen molar-refractivity contribution in [2.45, 2.75) is 20.3 Å². The summed E-state index contributed by atoms with van der Waals surface area (Å²) in [5, 5.41) is 13.8. The largest absolute Gasteiger partial charge is 0.465 e. The Kier molecular flexibility index (Phi) is 9.70. The number of nitrogens with one attached hydrogen (secondary N) is 1. The number of anilines is 1. The zero-order valence-corrected chi connectivity index (χ0v) is 15.1. The monoisotopic (exact) mass is 367 g/mol. The second-order valence-corrected chi connectivity index (χ2v) is 5.41. The van der Waals surface area contributed by atoms with Crippen LogP contribution in [0.4, 0.5) is 11.4 Å². The molecule has 0 radical (unpaired) electrons. The lowest BCUT2D eigenvalue weighted by Crippen LogP contribution is -2.37. The zero-order valence-electron chi connectivity index (χ0n) is 15.1. The van der Waals surface area contributed by atoms with Gasteiger partial charge in [-0.1, -0.05) is 0 Å². The maximum Gasteiger partial charge on any atom is 0.320 e. The van der Waals surface area contributed by atoms with Crippen molar-refractivity contribution in [3.63, 3.8) is 0 Å². The molecule has 0 atom stereocenters. The smallest absolute Gasteiger partial charge is 0.320 e. The Balaban J connectivity index is 2.44. The minimum absolute atomic E-state index is 0.0180. The van der Waals surface area contributed by atoms with Crippen LogP contribution < -0.4 is 5.32 Å². The Morgan fingerprint density at radius 2 is 1.62 bits per heavy atom. The second kappa shape index (κ2) is 11.8. The van der Waals surface area contributed by atoms with Crippen molar-refractivity contribution in [1.82, 2.24) is 4.90 Å². The Morgan fingerprint density at radius 1 is 1.08 bits per heavy atom. The van der Waals surface area contributed by atoms with Crippen molar-refractivity contribution in [3.8, 4) is 0 Å². The second-order valence-electron chi connectivity index (χ2n) is 5.41. The third-order valence-corrected chi connectivity index (χ3v) is 3.37. The molecule has 0 spiro atoms. The van der Waals surface area contributed by atoms with Gasteiger partial charge in [0.25, 0.3) is 5.69 Å². The van der Waals surface area contributed by atoms with E-state index < -0.39 is 4.92 Å². The molecule has 0 saturated heterocycles. The number of hydrogen-bond acceptors (Lipinski definition) is 8. The molecule has 0 aromatic heterocycles. The summed E-state index contributed by atoms with van der Waals surface area (Å²) in [6.07, 6.45) is 0.662. The summed E-state index contributed by atoms with van der Waals surface area (Å²) in [6.45, 7) is 5.14. The van der Waals surface area contributed by atoms with Crippen molar-refractivity contribution in [1.29, 1.82) is 0 Å². The van der Waals surface area contributed by atoms with Crippen LogP contribution in [-0.2, 0) is 19.1 Å². The van der Waals surface area contributed by atoms with E-state index in [-0.39, 0.29) is 43.9 Å². The van der Waals surface area contributed by atoms with Gasteiger partial charge in [-0.05, 0) is 32.4 Å². The van der Waals surface area contributed by atoms with Gasteiger partial charge >= 0.3 is 11.9 Å². The molecule has 1 aromatic rings. The Morgan fingerprint density at radius 3 is 2.08 bits per heavy atom. The molecule has 144 valence electrons. The highest BCUT2D eigenvalue weighted by Gasteiger charge is 2.15. The zero-order chi connectivity index (χ0) is 19.4. The number of esters is 2. The summed E-state index contributed by atoms with van der Waals surface area (Å²) < 4.78 is 9.83. The van der Waals surface area contributed by atoms with Gasteiger partial charge in [0.1, 0.15) is 0 Å². The van der Waals surface area contributed by atoms with E-state index in [9.17, 15) is 19.7 Å². The Labute approximate surface area is 152 Å².